The van der Waals surface area contributed by atoms with Crippen molar-refractivity contribution in [3.05, 3.63) is 28.7 Å². The summed E-state index contributed by atoms with van der Waals surface area (Å²) in [7, 11) is 3.36. The maximum Gasteiger partial charge on any atom is 0.168 e. The highest BCUT2D eigenvalue weighted by molar-refractivity contribution is 9.10. The number of benzene rings is 2. The quantitative estimate of drug-likeness (QED) is 0.544. The van der Waals surface area contributed by atoms with E-state index in [-0.39, 0.29) is 0 Å². The van der Waals surface area contributed by atoms with E-state index in [1.807, 2.05) is 12.1 Å². The van der Waals surface area contributed by atoms with Gasteiger partial charge in [-0.25, -0.2) is 0 Å². The van der Waals surface area contributed by atoms with Crippen LogP contribution in [0.5, 0.6) is 11.5 Å². The number of methoxy groups -OCH3 is 2. The maximum absolute atomic E-state index is 5.59. The van der Waals surface area contributed by atoms with Gasteiger partial charge in [0.2, 0.25) is 0 Å². The molecular weight excluding hydrogens is 392 g/mol. The Bertz CT molecular complexity index is 717. The molecule has 0 bridgehead atoms. The Hall–Kier alpha value is -1.46. The predicted octanol–water partition coefficient (Wildman–Crippen LogP) is 5.54. The first kappa shape index (κ1) is 20.8. The van der Waals surface area contributed by atoms with Crippen molar-refractivity contribution in [3.63, 3.8) is 0 Å². The van der Waals surface area contributed by atoms with Crippen LogP contribution in [0, 0.1) is 0 Å². The van der Waals surface area contributed by atoms with E-state index in [9.17, 15) is 0 Å². The number of nitrogens with one attached hydrogen (secondary N) is 1. The Morgan fingerprint density at radius 2 is 1.81 bits per heavy atom. The van der Waals surface area contributed by atoms with Crippen molar-refractivity contribution in [3.8, 4) is 11.5 Å². The molecule has 0 radical (unpaired) electrons. The van der Waals surface area contributed by atoms with E-state index < -0.39 is 0 Å². The van der Waals surface area contributed by atoms with Crippen LogP contribution in [0.15, 0.2) is 28.7 Å². The van der Waals surface area contributed by atoms with Crippen LogP contribution in [-0.2, 0) is 0 Å². The Labute approximate surface area is 166 Å². The molecule has 0 aliphatic rings. The molecule has 5 heteroatoms. The summed E-state index contributed by atoms with van der Waals surface area (Å²) in [5.41, 5.74) is 1.08. The molecule has 0 saturated heterocycles. The lowest BCUT2D eigenvalue weighted by molar-refractivity contribution is 0.295. The number of halogens is 1. The third kappa shape index (κ3) is 5.04. The molecule has 0 saturated carbocycles. The van der Waals surface area contributed by atoms with Gasteiger partial charge in [0.15, 0.2) is 11.5 Å². The molecule has 2 aromatic rings. The first-order chi connectivity index (χ1) is 12.5. The molecule has 2 rings (SSSR count). The molecule has 1 atom stereocenters. The monoisotopic (exact) mass is 422 g/mol. The summed E-state index contributed by atoms with van der Waals surface area (Å²) >= 11 is 3.58. The van der Waals surface area contributed by atoms with Crippen molar-refractivity contribution in [2.45, 2.75) is 39.7 Å². The van der Waals surface area contributed by atoms with Gasteiger partial charge in [-0.15, -0.1) is 0 Å². The van der Waals surface area contributed by atoms with E-state index >= 15 is 0 Å². The van der Waals surface area contributed by atoms with E-state index in [0.29, 0.717) is 6.04 Å². The smallest absolute Gasteiger partial charge is 0.168 e. The predicted molar refractivity (Wildman–Crippen MR) is 115 cm³/mol. The normalized spacial score (nSPS) is 12.4. The van der Waals surface area contributed by atoms with Crippen LogP contribution in [0.25, 0.3) is 10.8 Å². The molecule has 0 aromatic heterocycles. The number of rotatable bonds is 10. The second-order valence-corrected chi connectivity index (χ2v) is 7.48. The highest BCUT2D eigenvalue weighted by atomic mass is 79.9. The second kappa shape index (κ2) is 10.0. The van der Waals surface area contributed by atoms with Crippen molar-refractivity contribution in [2.24, 2.45) is 0 Å². The van der Waals surface area contributed by atoms with E-state index in [2.05, 4.69) is 59.1 Å². The maximum atomic E-state index is 5.59. The van der Waals surface area contributed by atoms with Crippen molar-refractivity contribution in [2.75, 3.05) is 39.2 Å². The fourth-order valence-electron chi connectivity index (χ4n) is 3.32. The minimum atomic E-state index is 0.380. The van der Waals surface area contributed by atoms with Gasteiger partial charge in [-0.1, -0.05) is 29.8 Å². The Morgan fingerprint density at radius 3 is 2.42 bits per heavy atom. The molecule has 1 unspecified atom stereocenters. The van der Waals surface area contributed by atoms with Crippen molar-refractivity contribution in [1.82, 2.24) is 4.90 Å². The van der Waals surface area contributed by atoms with Gasteiger partial charge in [0.05, 0.1) is 14.2 Å². The zero-order valence-corrected chi connectivity index (χ0v) is 18.1. The number of hydrogen-bond acceptors (Lipinski definition) is 4. The third-order valence-corrected chi connectivity index (χ3v) is 5.34. The summed E-state index contributed by atoms with van der Waals surface area (Å²) in [6.07, 6.45) is 2.31. The summed E-state index contributed by atoms with van der Waals surface area (Å²) in [5, 5.41) is 5.85. The topological polar surface area (TPSA) is 33.7 Å². The average Bonchev–Trinajstić information content (AvgIpc) is 2.65. The van der Waals surface area contributed by atoms with E-state index in [0.717, 1.165) is 58.5 Å². The van der Waals surface area contributed by atoms with Gasteiger partial charge in [-0.2, -0.15) is 0 Å². The minimum absolute atomic E-state index is 0.380. The van der Waals surface area contributed by atoms with Gasteiger partial charge < -0.3 is 19.7 Å². The first-order valence-electron chi connectivity index (χ1n) is 9.37. The summed E-state index contributed by atoms with van der Waals surface area (Å²) in [5.74, 6) is 1.52. The fourth-order valence-corrected chi connectivity index (χ4v) is 3.69. The summed E-state index contributed by atoms with van der Waals surface area (Å²) in [6, 6.07) is 8.64. The molecule has 2 aromatic carbocycles. The van der Waals surface area contributed by atoms with Crippen LogP contribution in [0.4, 0.5) is 5.69 Å². The highest BCUT2D eigenvalue weighted by Crippen LogP contribution is 2.41. The van der Waals surface area contributed by atoms with Crippen LogP contribution < -0.4 is 14.8 Å². The number of fused-ring (bicyclic) bond motifs is 1. The van der Waals surface area contributed by atoms with Crippen LogP contribution in [-0.4, -0.2) is 44.8 Å². The zero-order chi connectivity index (χ0) is 19.1. The molecule has 4 nitrogen and oxygen atoms in total. The average molecular weight is 423 g/mol. The Balaban J connectivity index is 2.21. The van der Waals surface area contributed by atoms with Gasteiger partial charge in [-0.3, -0.25) is 0 Å². The molecule has 0 aliphatic carbocycles. The third-order valence-electron chi connectivity index (χ3n) is 4.85. The molecular formula is C21H31BrN2O2. The largest absolute Gasteiger partial charge is 0.493 e. The summed E-state index contributed by atoms with van der Waals surface area (Å²) in [4.78, 5) is 2.47. The Kier molecular flexibility index (Phi) is 8.04. The van der Waals surface area contributed by atoms with Crippen molar-refractivity contribution < 1.29 is 9.47 Å². The van der Waals surface area contributed by atoms with Crippen LogP contribution in [0.2, 0.25) is 0 Å². The van der Waals surface area contributed by atoms with Gasteiger partial charge in [0.1, 0.15) is 0 Å². The molecule has 0 spiro atoms. The van der Waals surface area contributed by atoms with Crippen LogP contribution in [0.3, 0.4) is 0 Å². The Morgan fingerprint density at radius 1 is 1.08 bits per heavy atom. The summed E-state index contributed by atoms with van der Waals surface area (Å²) in [6.45, 7) is 10.1. The SMILES string of the molecule is CCN(CC)CCCC(C)Nc1cc(OC)c(OC)c2ccc(Br)cc12. The van der Waals surface area contributed by atoms with Crippen molar-refractivity contribution >= 4 is 32.4 Å². The lowest BCUT2D eigenvalue weighted by atomic mass is 10.1. The lowest BCUT2D eigenvalue weighted by Crippen LogP contribution is -2.25. The number of nitrogens with zero attached hydrogens (tertiary/aromatic N) is 1. The van der Waals surface area contributed by atoms with Crippen LogP contribution >= 0.6 is 15.9 Å². The van der Waals surface area contributed by atoms with Gasteiger partial charge >= 0.3 is 0 Å². The minimum Gasteiger partial charge on any atom is -0.493 e. The van der Waals surface area contributed by atoms with Crippen molar-refractivity contribution in [1.29, 1.82) is 0 Å². The van der Waals surface area contributed by atoms with Crippen LogP contribution in [0.1, 0.15) is 33.6 Å². The molecule has 0 fully saturated rings. The number of ether oxygens (including phenoxy) is 2. The molecule has 144 valence electrons. The standard InChI is InChI=1S/C21H31BrN2O2/c1-6-24(7-2)12-8-9-15(3)23-19-14-20(25-4)21(26-5)17-11-10-16(22)13-18(17)19/h10-11,13-15,23H,6-9,12H2,1-5H3. The zero-order valence-electron chi connectivity index (χ0n) is 16.6. The number of hydrogen-bond donors (Lipinski definition) is 1. The highest BCUT2D eigenvalue weighted by Gasteiger charge is 2.15. The van der Waals surface area contributed by atoms with E-state index in [4.69, 9.17) is 9.47 Å². The molecule has 0 aliphatic heterocycles. The molecule has 26 heavy (non-hydrogen) atoms. The molecule has 0 heterocycles. The second-order valence-electron chi connectivity index (χ2n) is 6.56. The number of anilines is 1. The first-order valence-corrected chi connectivity index (χ1v) is 10.2. The van der Waals surface area contributed by atoms with Gasteiger partial charge in [0.25, 0.3) is 0 Å². The molecule has 0 amide bonds. The van der Waals surface area contributed by atoms with E-state index in [1.54, 1.807) is 14.2 Å². The fraction of sp³-hybridized carbons (Fsp3) is 0.524. The summed E-state index contributed by atoms with van der Waals surface area (Å²) < 4.78 is 12.2. The molecule has 1 N–H and O–H groups in total. The van der Waals surface area contributed by atoms with Gasteiger partial charge in [-0.05, 0) is 57.6 Å². The van der Waals surface area contributed by atoms with E-state index in [1.165, 1.54) is 6.42 Å². The lowest BCUT2D eigenvalue weighted by Gasteiger charge is -2.22. The van der Waals surface area contributed by atoms with Gasteiger partial charge in [0, 0.05) is 33.0 Å².